The Labute approximate surface area is 128 Å². The molecule has 2 aliphatic heterocycles. The number of hydrogen-bond donors (Lipinski definition) is 1. The topological polar surface area (TPSA) is 63.6 Å². The molecular weight excluding hydrogens is 276 g/mol. The first-order valence-corrected chi connectivity index (χ1v) is 7.86. The second-order valence-corrected chi connectivity index (χ2v) is 5.82. The summed E-state index contributed by atoms with van der Waals surface area (Å²) in [6, 6.07) is 7.97. The van der Waals surface area contributed by atoms with Gasteiger partial charge in [-0.15, -0.1) is 0 Å². The van der Waals surface area contributed by atoms with E-state index >= 15 is 0 Å². The number of rotatable bonds is 2. The highest BCUT2D eigenvalue weighted by Gasteiger charge is 2.25. The van der Waals surface area contributed by atoms with E-state index in [1.54, 1.807) is 0 Å². The van der Waals surface area contributed by atoms with Gasteiger partial charge in [0.1, 0.15) is 5.69 Å². The quantitative estimate of drug-likeness (QED) is 0.790. The van der Waals surface area contributed by atoms with Crippen molar-refractivity contribution in [3.63, 3.8) is 0 Å². The van der Waals surface area contributed by atoms with Crippen molar-refractivity contribution in [3.05, 3.63) is 51.4 Å². The first-order chi connectivity index (χ1) is 10.8. The molecule has 2 heterocycles. The predicted molar refractivity (Wildman–Crippen MR) is 84.6 cm³/mol. The molecular formula is C17H18N4O. The molecule has 1 aliphatic carbocycles. The third-order valence-corrected chi connectivity index (χ3v) is 4.46. The summed E-state index contributed by atoms with van der Waals surface area (Å²) in [5, 5.41) is 11.9. The van der Waals surface area contributed by atoms with Gasteiger partial charge in [0.25, 0.3) is 0 Å². The van der Waals surface area contributed by atoms with Crippen LogP contribution in [0.5, 0.6) is 0 Å². The lowest BCUT2D eigenvalue weighted by molar-refractivity contribution is 0.653. The third kappa shape index (κ3) is 1.96. The van der Waals surface area contributed by atoms with Crippen molar-refractivity contribution in [1.29, 1.82) is 0 Å². The maximum atomic E-state index is 12.6. The van der Waals surface area contributed by atoms with Crippen molar-refractivity contribution in [3.8, 4) is 17.1 Å². The lowest BCUT2D eigenvalue weighted by atomic mass is 9.94. The van der Waals surface area contributed by atoms with Crippen LogP contribution in [0.15, 0.2) is 29.1 Å². The molecule has 0 bridgehead atoms. The molecule has 1 N–H and O–H groups in total. The number of aromatic nitrogens is 4. The zero-order valence-corrected chi connectivity index (χ0v) is 12.6. The van der Waals surface area contributed by atoms with Crippen molar-refractivity contribution in [2.75, 3.05) is 0 Å². The van der Waals surface area contributed by atoms with Gasteiger partial charge in [0, 0.05) is 11.3 Å². The fourth-order valence-corrected chi connectivity index (χ4v) is 3.16. The Morgan fingerprint density at radius 1 is 1.14 bits per heavy atom. The summed E-state index contributed by atoms with van der Waals surface area (Å²) in [5.74, 6) is 0. The van der Waals surface area contributed by atoms with E-state index in [-0.39, 0.29) is 5.56 Å². The molecule has 0 saturated carbocycles. The number of nitrogens with zero attached hydrogens (tertiary/aromatic N) is 3. The maximum absolute atomic E-state index is 12.6. The minimum Gasteiger partial charge on any atom is -0.281 e. The highest BCUT2D eigenvalue weighted by Crippen LogP contribution is 2.27. The van der Waals surface area contributed by atoms with Gasteiger partial charge < -0.3 is 0 Å². The van der Waals surface area contributed by atoms with Gasteiger partial charge >= 0.3 is 5.56 Å². The van der Waals surface area contributed by atoms with E-state index in [1.165, 1.54) is 16.7 Å². The average Bonchev–Trinajstić information content (AvgIpc) is 2.92. The molecule has 0 spiro atoms. The van der Waals surface area contributed by atoms with Gasteiger partial charge in [0.05, 0.1) is 5.69 Å². The Morgan fingerprint density at radius 2 is 1.91 bits per heavy atom. The summed E-state index contributed by atoms with van der Waals surface area (Å²) in [5.41, 5.74) is 5.39. The highest BCUT2D eigenvalue weighted by molar-refractivity contribution is 5.61. The third-order valence-electron chi connectivity index (χ3n) is 4.46. The van der Waals surface area contributed by atoms with Crippen molar-refractivity contribution in [2.24, 2.45) is 0 Å². The van der Waals surface area contributed by atoms with Crippen LogP contribution < -0.4 is 5.56 Å². The van der Waals surface area contributed by atoms with Crippen molar-refractivity contribution in [2.45, 2.75) is 39.0 Å². The van der Waals surface area contributed by atoms with Crippen LogP contribution in [0.1, 0.15) is 36.6 Å². The number of H-pyrrole nitrogens is 1. The number of aromatic amines is 1. The molecule has 3 aliphatic rings. The number of nitrogens with one attached hydrogen (secondary N) is 1. The predicted octanol–water partition coefficient (Wildman–Crippen LogP) is 2.50. The Kier molecular flexibility index (Phi) is 3.06. The number of aryl methyl sites for hydroxylation is 2. The minimum absolute atomic E-state index is 0.149. The Morgan fingerprint density at radius 3 is 2.68 bits per heavy atom. The van der Waals surface area contributed by atoms with E-state index in [2.05, 4.69) is 22.2 Å². The molecule has 0 saturated heterocycles. The van der Waals surface area contributed by atoms with E-state index < -0.39 is 0 Å². The Balaban J connectivity index is 1.89. The standard InChI is InChI=1S/C17H18N4O/c1-2-11-7-9-12(10-8-11)21-17(22)16-15(20-21)13-5-3-4-6-14(13)18-19-16/h7-10,18H,2-6H2,1H3. The summed E-state index contributed by atoms with van der Waals surface area (Å²) >= 11 is 0. The first-order valence-electron chi connectivity index (χ1n) is 7.86. The van der Waals surface area contributed by atoms with E-state index in [4.69, 9.17) is 0 Å². The van der Waals surface area contributed by atoms with Crippen LogP contribution in [0.25, 0.3) is 17.1 Å². The lowest BCUT2D eigenvalue weighted by Crippen LogP contribution is -2.16. The van der Waals surface area contributed by atoms with Crippen molar-refractivity contribution >= 4 is 0 Å². The first kappa shape index (κ1) is 13.2. The molecule has 0 radical (unpaired) electrons. The molecule has 0 atom stereocenters. The average molecular weight is 294 g/mol. The Bertz CT molecular complexity index is 844. The molecule has 1 aromatic rings. The monoisotopic (exact) mass is 294 g/mol. The van der Waals surface area contributed by atoms with Crippen LogP contribution in [0, 0.1) is 0 Å². The van der Waals surface area contributed by atoms with Crippen LogP contribution in [0.4, 0.5) is 0 Å². The van der Waals surface area contributed by atoms with Crippen molar-refractivity contribution < 1.29 is 0 Å². The summed E-state index contributed by atoms with van der Waals surface area (Å²) in [7, 11) is 0. The second kappa shape index (κ2) is 5.09. The summed E-state index contributed by atoms with van der Waals surface area (Å²) in [4.78, 5) is 12.6. The molecule has 0 unspecified atom stereocenters. The zero-order valence-electron chi connectivity index (χ0n) is 12.6. The largest absolute Gasteiger partial charge is 0.301 e. The molecule has 1 aromatic carbocycles. The number of hydrogen-bond acceptors (Lipinski definition) is 3. The molecule has 112 valence electrons. The van der Waals surface area contributed by atoms with Crippen LogP contribution in [-0.2, 0) is 19.3 Å². The fourth-order valence-electron chi connectivity index (χ4n) is 3.16. The van der Waals surface area contributed by atoms with Crippen LogP contribution in [0.3, 0.4) is 0 Å². The smallest absolute Gasteiger partial charge is 0.281 e. The minimum atomic E-state index is -0.149. The van der Waals surface area contributed by atoms with Gasteiger partial charge in [-0.3, -0.25) is 9.89 Å². The van der Waals surface area contributed by atoms with E-state index in [1.807, 2.05) is 24.3 Å². The van der Waals surface area contributed by atoms with E-state index in [9.17, 15) is 4.79 Å². The fraction of sp³-hybridized carbons (Fsp3) is 0.353. The van der Waals surface area contributed by atoms with Gasteiger partial charge in [-0.25, -0.2) is 0 Å². The van der Waals surface area contributed by atoms with E-state index in [0.29, 0.717) is 5.69 Å². The molecule has 0 amide bonds. The van der Waals surface area contributed by atoms with Crippen molar-refractivity contribution in [1.82, 2.24) is 20.0 Å². The second-order valence-electron chi connectivity index (χ2n) is 5.82. The highest BCUT2D eigenvalue weighted by atomic mass is 16.1. The zero-order chi connectivity index (χ0) is 15.1. The van der Waals surface area contributed by atoms with Gasteiger partial charge in [0.2, 0.25) is 0 Å². The molecule has 0 aromatic heterocycles. The lowest BCUT2D eigenvalue weighted by Gasteiger charge is -2.16. The maximum Gasteiger partial charge on any atom is 0.301 e. The van der Waals surface area contributed by atoms with Gasteiger partial charge in [-0.1, -0.05) is 19.1 Å². The van der Waals surface area contributed by atoms with Gasteiger partial charge in [-0.2, -0.15) is 14.9 Å². The van der Waals surface area contributed by atoms with Crippen LogP contribution in [0.2, 0.25) is 0 Å². The summed E-state index contributed by atoms with van der Waals surface area (Å²) < 4.78 is 1.47. The molecule has 22 heavy (non-hydrogen) atoms. The SMILES string of the molecule is CCc1ccc(-n2nc3c4c([nH]nc-3c2=O)CCCC4)cc1. The van der Waals surface area contributed by atoms with Gasteiger partial charge in [0.15, 0.2) is 5.69 Å². The summed E-state index contributed by atoms with van der Waals surface area (Å²) in [6.07, 6.45) is 5.25. The van der Waals surface area contributed by atoms with Crippen LogP contribution >= 0.6 is 0 Å². The van der Waals surface area contributed by atoms with Crippen LogP contribution in [-0.4, -0.2) is 20.0 Å². The summed E-state index contributed by atoms with van der Waals surface area (Å²) in [6.45, 7) is 2.11. The number of benzene rings is 1. The normalized spacial score (nSPS) is 14.2. The van der Waals surface area contributed by atoms with E-state index in [0.717, 1.165) is 48.3 Å². The Hall–Kier alpha value is -2.43. The molecule has 5 nitrogen and oxygen atoms in total. The number of fused-ring (bicyclic) bond motifs is 3. The molecule has 0 fully saturated rings. The van der Waals surface area contributed by atoms with Gasteiger partial charge in [-0.05, 0) is 49.8 Å². The molecule has 4 rings (SSSR count). The molecule has 5 heteroatoms.